The fourth-order valence-corrected chi connectivity index (χ4v) is 3.98. The van der Waals surface area contributed by atoms with Gasteiger partial charge in [-0.2, -0.15) is 0 Å². The van der Waals surface area contributed by atoms with Gasteiger partial charge >= 0.3 is 0 Å². The first-order valence-corrected chi connectivity index (χ1v) is 8.32. The number of carbonyl (C=O) groups is 1. The molecule has 2 nitrogen and oxygen atoms in total. The van der Waals surface area contributed by atoms with Crippen LogP contribution in [0.5, 0.6) is 5.75 Å². The third kappa shape index (κ3) is 3.06. The second kappa shape index (κ2) is 6.24. The first-order chi connectivity index (χ1) is 10.3. The lowest BCUT2D eigenvalue weighted by molar-refractivity contribution is 0.112. The maximum Gasteiger partial charge on any atom is 0.160 e. The lowest BCUT2D eigenvalue weighted by Crippen LogP contribution is -1.90. The second-order valence-corrected chi connectivity index (χ2v) is 6.64. The summed E-state index contributed by atoms with van der Waals surface area (Å²) in [6.07, 6.45) is 0.898. The van der Waals surface area contributed by atoms with Crippen LogP contribution in [0, 0.1) is 0 Å². The third-order valence-corrected chi connectivity index (χ3v) is 5.38. The van der Waals surface area contributed by atoms with Crippen molar-refractivity contribution in [1.29, 1.82) is 0 Å². The molecule has 3 rings (SSSR count). The molecule has 0 aliphatic heterocycles. The first-order valence-electron chi connectivity index (χ1n) is 6.68. The largest absolute Gasteiger partial charge is 0.494 e. The van der Waals surface area contributed by atoms with Gasteiger partial charge in [0.15, 0.2) is 6.29 Å². The van der Waals surface area contributed by atoms with Crippen molar-refractivity contribution in [3.63, 3.8) is 0 Å². The van der Waals surface area contributed by atoms with Crippen LogP contribution in [-0.2, 0) is 0 Å². The summed E-state index contributed by atoms with van der Waals surface area (Å²) in [5, 5.41) is 0. The van der Waals surface area contributed by atoms with Gasteiger partial charge in [0.1, 0.15) is 5.75 Å². The van der Waals surface area contributed by atoms with E-state index < -0.39 is 0 Å². The van der Waals surface area contributed by atoms with Gasteiger partial charge in [0.05, 0.1) is 11.5 Å². The maximum atomic E-state index is 10.8. The molecule has 0 N–H and O–H groups in total. The molecular weight excluding hydrogens is 300 g/mol. The first kappa shape index (κ1) is 14.0. The number of ether oxygens (including phenoxy) is 1. The average molecular weight is 314 g/mol. The van der Waals surface area contributed by atoms with Crippen molar-refractivity contribution in [2.24, 2.45) is 0 Å². The zero-order chi connectivity index (χ0) is 14.7. The number of hydrogen-bond acceptors (Lipinski definition) is 4. The smallest absolute Gasteiger partial charge is 0.160 e. The Morgan fingerprint density at radius 1 is 0.905 bits per heavy atom. The van der Waals surface area contributed by atoms with Gasteiger partial charge in [-0.25, -0.2) is 0 Å². The van der Waals surface area contributed by atoms with Gasteiger partial charge in [-0.1, -0.05) is 0 Å². The van der Waals surface area contributed by atoms with E-state index in [1.54, 1.807) is 11.3 Å². The summed E-state index contributed by atoms with van der Waals surface area (Å²) in [5.74, 6) is 0.895. The van der Waals surface area contributed by atoms with Crippen LogP contribution < -0.4 is 4.74 Å². The minimum absolute atomic E-state index is 0.680. The van der Waals surface area contributed by atoms with Crippen molar-refractivity contribution in [2.75, 3.05) is 6.61 Å². The molecule has 1 aromatic carbocycles. The van der Waals surface area contributed by atoms with Crippen molar-refractivity contribution in [3.05, 3.63) is 53.4 Å². The van der Waals surface area contributed by atoms with E-state index in [9.17, 15) is 4.79 Å². The van der Waals surface area contributed by atoms with Crippen LogP contribution in [0.2, 0.25) is 0 Å². The van der Waals surface area contributed by atoms with Gasteiger partial charge < -0.3 is 4.74 Å². The van der Waals surface area contributed by atoms with Crippen LogP contribution in [0.1, 0.15) is 16.6 Å². The van der Waals surface area contributed by atoms with Gasteiger partial charge in [0, 0.05) is 14.6 Å². The molecule has 0 spiro atoms. The maximum absolute atomic E-state index is 10.8. The summed E-state index contributed by atoms with van der Waals surface area (Å²) in [4.78, 5) is 15.1. The van der Waals surface area contributed by atoms with Gasteiger partial charge in [-0.05, 0) is 61.0 Å². The molecular formula is C17H14O2S2. The summed E-state index contributed by atoms with van der Waals surface area (Å²) >= 11 is 3.26. The number of rotatable bonds is 5. The van der Waals surface area contributed by atoms with Crippen LogP contribution >= 0.6 is 22.7 Å². The number of benzene rings is 1. The van der Waals surface area contributed by atoms with E-state index in [0.717, 1.165) is 21.8 Å². The Balaban J connectivity index is 1.85. The standard InChI is InChI=1S/C17H14O2S2/c1-2-19-13-5-3-12(4-6-13)15-9-10-17(21-15)16-8-7-14(11-18)20-16/h3-11H,2H2,1H3. The number of aldehydes is 1. The van der Waals surface area contributed by atoms with Gasteiger partial charge in [0.25, 0.3) is 0 Å². The summed E-state index contributed by atoms with van der Waals surface area (Å²) < 4.78 is 5.46. The molecule has 0 saturated carbocycles. The molecule has 4 heteroatoms. The van der Waals surface area contributed by atoms with E-state index in [1.807, 2.05) is 31.2 Å². The summed E-state index contributed by atoms with van der Waals surface area (Å²) in [6.45, 7) is 2.66. The van der Waals surface area contributed by atoms with Gasteiger partial charge in [0.2, 0.25) is 0 Å². The molecule has 0 saturated heterocycles. The van der Waals surface area contributed by atoms with E-state index in [0.29, 0.717) is 6.61 Å². The molecule has 0 atom stereocenters. The number of carbonyl (C=O) groups excluding carboxylic acids is 1. The lowest BCUT2D eigenvalue weighted by atomic mass is 10.2. The Labute approximate surface area is 131 Å². The molecule has 0 unspecified atom stereocenters. The average Bonchev–Trinajstić information content (AvgIpc) is 3.17. The fourth-order valence-electron chi connectivity index (χ4n) is 2.06. The van der Waals surface area contributed by atoms with Gasteiger partial charge in [-0.15, -0.1) is 22.7 Å². The predicted molar refractivity (Wildman–Crippen MR) is 89.6 cm³/mol. The highest BCUT2D eigenvalue weighted by molar-refractivity contribution is 7.24. The topological polar surface area (TPSA) is 26.3 Å². The van der Waals surface area contributed by atoms with Crippen LogP contribution in [0.3, 0.4) is 0 Å². The highest BCUT2D eigenvalue weighted by Gasteiger charge is 2.07. The Bertz CT molecular complexity index is 738. The van der Waals surface area contributed by atoms with Gasteiger partial charge in [-0.3, -0.25) is 4.79 Å². The van der Waals surface area contributed by atoms with E-state index in [4.69, 9.17) is 4.74 Å². The predicted octanol–water partition coefficient (Wildman–Crippen LogP) is 5.35. The quantitative estimate of drug-likeness (QED) is 0.593. The number of thiophene rings is 2. The number of hydrogen-bond donors (Lipinski definition) is 0. The molecule has 0 radical (unpaired) electrons. The zero-order valence-electron chi connectivity index (χ0n) is 11.5. The monoisotopic (exact) mass is 314 g/mol. The van der Waals surface area contributed by atoms with Crippen molar-refractivity contribution in [2.45, 2.75) is 6.92 Å². The summed E-state index contributed by atoms with van der Waals surface area (Å²) in [6, 6.07) is 16.2. The molecule has 21 heavy (non-hydrogen) atoms. The van der Waals surface area contributed by atoms with Crippen LogP contribution in [-0.4, -0.2) is 12.9 Å². The van der Waals surface area contributed by atoms with Crippen molar-refractivity contribution in [1.82, 2.24) is 0 Å². The summed E-state index contributed by atoms with van der Waals surface area (Å²) in [5.41, 5.74) is 1.18. The van der Waals surface area contributed by atoms with Crippen LogP contribution in [0.15, 0.2) is 48.5 Å². The molecule has 3 aromatic rings. The Morgan fingerprint density at radius 2 is 1.57 bits per heavy atom. The lowest BCUT2D eigenvalue weighted by Gasteiger charge is -2.03. The second-order valence-electron chi connectivity index (χ2n) is 4.44. The Hall–Kier alpha value is -1.91. The Morgan fingerprint density at radius 3 is 2.24 bits per heavy atom. The van der Waals surface area contributed by atoms with E-state index >= 15 is 0 Å². The molecule has 0 aliphatic carbocycles. The molecule has 106 valence electrons. The molecule has 0 amide bonds. The van der Waals surface area contributed by atoms with Crippen LogP contribution in [0.4, 0.5) is 0 Å². The fraction of sp³-hybridized carbons (Fsp3) is 0.118. The van der Waals surface area contributed by atoms with Crippen molar-refractivity contribution >= 4 is 29.0 Å². The zero-order valence-corrected chi connectivity index (χ0v) is 13.2. The minimum Gasteiger partial charge on any atom is -0.494 e. The van der Waals surface area contributed by atoms with E-state index in [1.165, 1.54) is 26.7 Å². The van der Waals surface area contributed by atoms with E-state index in [-0.39, 0.29) is 0 Å². The van der Waals surface area contributed by atoms with Crippen LogP contribution in [0.25, 0.3) is 20.2 Å². The SMILES string of the molecule is CCOc1ccc(-c2ccc(-c3ccc(C=O)s3)s2)cc1. The third-order valence-electron chi connectivity index (χ3n) is 3.04. The summed E-state index contributed by atoms with van der Waals surface area (Å²) in [7, 11) is 0. The molecule has 0 bridgehead atoms. The van der Waals surface area contributed by atoms with Crippen molar-refractivity contribution < 1.29 is 9.53 Å². The molecule has 0 aliphatic rings. The molecule has 0 fully saturated rings. The molecule has 2 aromatic heterocycles. The van der Waals surface area contributed by atoms with E-state index in [2.05, 4.69) is 24.3 Å². The Kier molecular flexibility index (Phi) is 4.18. The molecule has 2 heterocycles. The normalized spacial score (nSPS) is 10.5. The minimum atomic E-state index is 0.680. The highest BCUT2D eigenvalue weighted by atomic mass is 32.1. The van der Waals surface area contributed by atoms with Crippen molar-refractivity contribution in [3.8, 4) is 25.9 Å². The highest BCUT2D eigenvalue weighted by Crippen LogP contribution is 2.37.